The third-order valence-corrected chi connectivity index (χ3v) is 3.65. The van der Waals surface area contributed by atoms with E-state index >= 15 is 0 Å². The first kappa shape index (κ1) is 12.0. The number of nitrogens with two attached hydrogens (primary N) is 1. The van der Waals surface area contributed by atoms with Gasteiger partial charge in [0, 0.05) is 24.7 Å². The van der Waals surface area contributed by atoms with Gasteiger partial charge in [-0.3, -0.25) is 4.79 Å². The normalized spacial score (nSPS) is 20.7. The summed E-state index contributed by atoms with van der Waals surface area (Å²) in [5.74, 6) is 0.447. The summed E-state index contributed by atoms with van der Waals surface area (Å²) in [4.78, 5) is 14.0. The van der Waals surface area contributed by atoms with Crippen molar-refractivity contribution < 1.29 is 4.79 Å². The zero-order chi connectivity index (χ0) is 12.4. The summed E-state index contributed by atoms with van der Waals surface area (Å²) < 4.78 is 0. The molecule has 3 nitrogen and oxygen atoms in total. The van der Waals surface area contributed by atoms with Crippen LogP contribution in [0.4, 0.5) is 5.69 Å². The van der Waals surface area contributed by atoms with Crippen LogP contribution in [0.5, 0.6) is 0 Å². The molecule has 2 rings (SSSR count). The van der Waals surface area contributed by atoms with Crippen molar-refractivity contribution in [1.29, 1.82) is 0 Å². The lowest BCUT2D eigenvalue weighted by Crippen LogP contribution is -2.39. The van der Waals surface area contributed by atoms with Crippen LogP contribution in [0.3, 0.4) is 0 Å². The lowest BCUT2D eigenvalue weighted by atomic mass is 9.98. The quantitative estimate of drug-likeness (QED) is 0.795. The summed E-state index contributed by atoms with van der Waals surface area (Å²) in [5.41, 5.74) is 8.95. The van der Waals surface area contributed by atoms with E-state index in [4.69, 9.17) is 5.73 Å². The van der Waals surface area contributed by atoms with Gasteiger partial charge in [-0.25, -0.2) is 0 Å². The molecule has 1 aromatic carbocycles. The molecule has 1 aliphatic heterocycles. The Bertz CT molecular complexity index is 428. The molecule has 0 aliphatic carbocycles. The van der Waals surface area contributed by atoms with E-state index in [2.05, 4.69) is 6.07 Å². The molecule has 1 aromatic rings. The maximum Gasteiger partial charge on any atom is 0.225 e. The molecule has 1 amide bonds. The number of likely N-dealkylation sites (tertiary alicyclic amines) is 1. The maximum atomic E-state index is 12.0. The lowest BCUT2D eigenvalue weighted by molar-refractivity contribution is -0.138. The first-order valence-electron chi connectivity index (χ1n) is 6.22. The third-order valence-electron chi connectivity index (χ3n) is 3.65. The van der Waals surface area contributed by atoms with E-state index < -0.39 is 0 Å². The van der Waals surface area contributed by atoms with Gasteiger partial charge < -0.3 is 10.6 Å². The van der Waals surface area contributed by atoms with Crippen LogP contribution in [-0.4, -0.2) is 17.4 Å². The van der Waals surface area contributed by atoms with E-state index in [0.717, 1.165) is 36.2 Å². The minimum atomic E-state index is 0.171. The predicted octanol–water partition coefficient (Wildman–Crippen LogP) is 2.34. The highest BCUT2D eigenvalue weighted by molar-refractivity contribution is 5.79. The van der Waals surface area contributed by atoms with Crippen molar-refractivity contribution in [2.75, 3.05) is 12.3 Å². The molecular weight excluding hydrogens is 212 g/mol. The molecule has 0 radical (unpaired) electrons. The Morgan fingerprint density at radius 1 is 1.47 bits per heavy atom. The molecule has 1 fully saturated rings. The summed E-state index contributed by atoms with van der Waals surface area (Å²) in [6, 6.07) is 5.91. The van der Waals surface area contributed by atoms with Crippen LogP contribution < -0.4 is 5.73 Å². The first-order valence-corrected chi connectivity index (χ1v) is 6.22. The van der Waals surface area contributed by atoms with E-state index in [0.29, 0.717) is 6.54 Å². The molecule has 1 unspecified atom stereocenters. The van der Waals surface area contributed by atoms with Crippen LogP contribution in [0.15, 0.2) is 18.2 Å². The van der Waals surface area contributed by atoms with Crippen molar-refractivity contribution in [3.63, 3.8) is 0 Å². The number of rotatable bonds is 2. The van der Waals surface area contributed by atoms with Gasteiger partial charge in [-0.2, -0.15) is 0 Å². The van der Waals surface area contributed by atoms with Gasteiger partial charge in [-0.05, 0) is 37.0 Å². The smallest absolute Gasteiger partial charge is 0.225 e. The lowest BCUT2D eigenvalue weighted by Gasteiger charge is -2.31. The van der Waals surface area contributed by atoms with Crippen molar-refractivity contribution in [2.45, 2.75) is 33.2 Å². The van der Waals surface area contributed by atoms with E-state index in [-0.39, 0.29) is 11.8 Å². The molecule has 1 saturated heterocycles. The minimum Gasteiger partial charge on any atom is -0.399 e. The van der Waals surface area contributed by atoms with Gasteiger partial charge in [-0.1, -0.05) is 19.1 Å². The molecule has 0 bridgehead atoms. The van der Waals surface area contributed by atoms with Crippen LogP contribution in [0.25, 0.3) is 0 Å². The van der Waals surface area contributed by atoms with E-state index in [1.807, 2.05) is 30.9 Å². The number of carbonyl (C=O) groups is 1. The van der Waals surface area contributed by atoms with Crippen LogP contribution in [0.2, 0.25) is 0 Å². The summed E-state index contributed by atoms with van der Waals surface area (Å²) in [5, 5.41) is 0. The number of anilines is 1. The number of benzene rings is 1. The molecule has 3 heteroatoms. The maximum absolute atomic E-state index is 12.0. The molecular formula is C14H20N2O. The fraction of sp³-hybridized carbons (Fsp3) is 0.500. The summed E-state index contributed by atoms with van der Waals surface area (Å²) >= 11 is 0. The number of carbonyl (C=O) groups excluding carboxylic acids is 1. The Kier molecular flexibility index (Phi) is 3.36. The van der Waals surface area contributed by atoms with Gasteiger partial charge in [-0.15, -0.1) is 0 Å². The highest BCUT2D eigenvalue weighted by Gasteiger charge is 2.25. The molecule has 17 heavy (non-hydrogen) atoms. The highest BCUT2D eigenvalue weighted by atomic mass is 16.2. The second kappa shape index (κ2) is 4.78. The Morgan fingerprint density at radius 2 is 2.24 bits per heavy atom. The van der Waals surface area contributed by atoms with Crippen molar-refractivity contribution in [1.82, 2.24) is 4.90 Å². The van der Waals surface area contributed by atoms with E-state index in [1.165, 1.54) is 0 Å². The molecule has 2 N–H and O–H groups in total. The molecule has 1 heterocycles. The molecule has 0 aromatic heterocycles. The van der Waals surface area contributed by atoms with Gasteiger partial charge in [0.05, 0.1) is 0 Å². The largest absolute Gasteiger partial charge is 0.399 e. The number of nitrogens with zero attached hydrogens (tertiary/aromatic N) is 1. The average molecular weight is 232 g/mol. The molecule has 1 atom stereocenters. The van der Waals surface area contributed by atoms with Crippen LogP contribution in [0.1, 0.15) is 30.9 Å². The number of hydrogen-bond donors (Lipinski definition) is 1. The summed E-state index contributed by atoms with van der Waals surface area (Å²) in [6.07, 6.45) is 2.12. The number of hydrogen-bond acceptors (Lipinski definition) is 2. The molecule has 0 spiro atoms. The number of piperidine rings is 1. The Hall–Kier alpha value is -1.51. The van der Waals surface area contributed by atoms with E-state index in [9.17, 15) is 4.79 Å². The predicted molar refractivity (Wildman–Crippen MR) is 69.4 cm³/mol. The number of nitrogen functional groups attached to an aromatic ring is 1. The topological polar surface area (TPSA) is 46.3 Å². The molecule has 92 valence electrons. The van der Waals surface area contributed by atoms with Crippen LogP contribution >= 0.6 is 0 Å². The van der Waals surface area contributed by atoms with E-state index in [1.54, 1.807) is 0 Å². The Labute approximate surface area is 103 Å². The van der Waals surface area contributed by atoms with Gasteiger partial charge in [0.1, 0.15) is 0 Å². The van der Waals surface area contributed by atoms with Crippen molar-refractivity contribution in [3.8, 4) is 0 Å². The fourth-order valence-electron chi connectivity index (χ4n) is 2.37. The summed E-state index contributed by atoms with van der Waals surface area (Å²) in [7, 11) is 0. The van der Waals surface area contributed by atoms with Gasteiger partial charge in [0.2, 0.25) is 5.91 Å². The van der Waals surface area contributed by atoms with Crippen LogP contribution in [-0.2, 0) is 11.3 Å². The van der Waals surface area contributed by atoms with Crippen molar-refractivity contribution >= 4 is 11.6 Å². The first-order chi connectivity index (χ1) is 8.09. The third kappa shape index (κ3) is 2.43. The monoisotopic (exact) mass is 232 g/mol. The highest BCUT2D eigenvalue weighted by Crippen LogP contribution is 2.22. The fourth-order valence-corrected chi connectivity index (χ4v) is 2.37. The average Bonchev–Trinajstić information content (AvgIpc) is 2.31. The van der Waals surface area contributed by atoms with Crippen LogP contribution in [0, 0.1) is 12.8 Å². The zero-order valence-corrected chi connectivity index (χ0v) is 10.6. The van der Waals surface area contributed by atoms with Gasteiger partial charge >= 0.3 is 0 Å². The molecule has 1 aliphatic rings. The zero-order valence-electron chi connectivity index (χ0n) is 10.6. The standard InChI is InChI=1S/C14H20N2O/c1-10-5-4-8-16(14(10)17)9-12-6-3-7-13(15)11(12)2/h3,6-7,10H,4-5,8-9,15H2,1-2H3. The Balaban J connectivity index is 2.15. The van der Waals surface area contributed by atoms with Crippen molar-refractivity contribution in [3.05, 3.63) is 29.3 Å². The van der Waals surface area contributed by atoms with Gasteiger partial charge in [0.15, 0.2) is 0 Å². The second-order valence-electron chi connectivity index (χ2n) is 4.93. The molecule has 0 saturated carbocycles. The minimum absolute atomic E-state index is 0.171. The Morgan fingerprint density at radius 3 is 3.00 bits per heavy atom. The summed E-state index contributed by atoms with van der Waals surface area (Å²) in [6.45, 7) is 5.60. The second-order valence-corrected chi connectivity index (χ2v) is 4.93. The van der Waals surface area contributed by atoms with Gasteiger partial charge in [0.25, 0.3) is 0 Å². The number of amides is 1. The van der Waals surface area contributed by atoms with Crippen molar-refractivity contribution in [2.24, 2.45) is 5.92 Å². The SMILES string of the molecule is Cc1c(N)cccc1CN1CCCC(C)C1=O.